The minimum atomic E-state index is -0.525. The number of nitrogens with zero attached hydrogens (tertiary/aromatic N) is 4. The molecule has 3 aromatic heterocycles. The van der Waals surface area contributed by atoms with Gasteiger partial charge >= 0.3 is 0 Å². The van der Waals surface area contributed by atoms with E-state index in [0.29, 0.717) is 46.1 Å². The molecule has 8 nitrogen and oxygen atoms in total. The van der Waals surface area contributed by atoms with Crippen molar-refractivity contribution >= 4 is 16.6 Å². The summed E-state index contributed by atoms with van der Waals surface area (Å²) in [6, 6.07) is 12.0. The number of pyridine rings is 1. The molecule has 0 saturated heterocycles. The summed E-state index contributed by atoms with van der Waals surface area (Å²) in [7, 11) is 0. The third-order valence-corrected chi connectivity index (χ3v) is 6.58. The van der Waals surface area contributed by atoms with Crippen LogP contribution < -0.4 is 11.3 Å². The zero-order valence-corrected chi connectivity index (χ0v) is 19.3. The minimum absolute atomic E-state index is 0.0323. The highest BCUT2D eigenvalue weighted by Crippen LogP contribution is 2.41. The second-order valence-corrected chi connectivity index (χ2v) is 9.07. The van der Waals surface area contributed by atoms with Crippen molar-refractivity contribution in [3.8, 4) is 16.9 Å². The maximum absolute atomic E-state index is 15.1. The average Bonchev–Trinajstić information content (AvgIpc) is 3.60. The number of aromatic amines is 1. The van der Waals surface area contributed by atoms with Crippen LogP contribution in [0.5, 0.6) is 0 Å². The van der Waals surface area contributed by atoms with Gasteiger partial charge in [0.25, 0.3) is 5.56 Å². The normalized spacial score (nSPS) is 13.4. The molecule has 36 heavy (non-hydrogen) atoms. The number of halogens is 1. The summed E-state index contributed by atoms with van der Waals surface area (Å²) in [5, 5.41) is 17.7. The van der Waals surface area contributed by atoms with Gasteiger partial charge in [0, 0.05) is 36.0 Å². The molecule has 1 fully saturated rings. The molecule has 180 valence electrons. The Morgan fingerprint density at radius 2 is 2.03 bits per heavy atom. The Morgan fingerprint density at radius 3 is 2.78 bits per heavy atom. The van der Waals surface area contributed by atoms with Crippen LogP contribution in [-0.2, 0) is 13.0 Å². The molecule has 1 saturated carbocycles. The lowest BCUT2D eigenvalue weighted by atomic mass is 10.0. The van der Waals surface area contributed by atoms with Crippen molar-refractivity contribution in [2.24, 2.45) is 0 Å². The summed E-state index contributed by atoms with van der Waals surface area (Å²) in [4.78, 5) is 22.4. The predicted molar refractivity (Wildman–Crippen MR) is 134 cm³/mol. The number of nitrogens with one attached hydrogen (secondary N) is 1. The number of nitrogens with two attached hydrogens (primary N) is 1. The predicted octanol–water partition coefficient (Wildman–Crippen LogP) is 3.85. The second kappa shape index (κ2) is 8.69. The van der Waals surface area contributed by atoms with Crippen molar-refractivity contribution in [2.45, 2.75) is 31.8 Å². The van der Waals surface area contributed by atoms with Gasteiger partial charge in [-0.3, -0.25) is 14.5 Å². The largest absolute Gasteiger partial charge is 0.392 e. The Kier molecular flexibility index (Phi) is 5.34. The van der Waals surface area contributed by atoms with E-state index in [2.05, 4.69) is 20.2 Å². The van der Waals surface area contributed by atoms with Gasteiger partial charge in [0.05, 0.1) is 29.6 Å². The minimum Gasteiger partial charge on any atom is -0.392 e. The van der Waals surface area contributed by atoms with Crippen molar-refractivity contribution in [3.05, 3.63) is 99.7 Å². The molecule has 0 unspecified atom stereocenters. The van der Waals surface area contributed by atoms with Gasteiger partial charge in [0.2, 0.25) is 0 Å². The van der Waals surface area contributed by atoms with Crippen molar-refractivity contribution < 1.29 is 9.50 Å². The van der Waals surface area contributed by atoms with Crippen LogP contribution in [0.4, 0.5) is 10.2 Å². The van der Waals surface area contributed by atoms with Gasteiger partial charge in [-0.2, -0.15) is 5.10 Å². The number of aliphatic hydroxyl groups is 1. The summed E-state index contributed by atoms with van der Waals surface area (Å²) in [5.74, 6) is 0.631. The number of anilines is 1. The van der Waals surface area contributed by atoms with Crippen molar-refractivity contribution in [3.63, 3.8) is 0 Å². The van der Waals surface area contributed by atoms with Gasteiger partial charge in [0.15, 0.2) is 0 Å². The Labute approximate surface area is 205 Å². The Hall–Kier alpha value is -4.37. The molecule has 3 heterocycles. The van der Waals surface area contributed by atoms with Crippen LogP contribution in [0, 0.1) is 5.82 Å². The second-order valence-electron chi connectivity index (χ2n) is 9.07. The molecule has 0 aliphatic heterocycles. The van der Waals surface area contributed by atoms with Gasteiger partial charge in [-0.1, -0.05) is 18.2 Å². The van der Waals surface area contributed by atoms with Crippen LogP contribution in [-0.4, -0.2) is 29.8 Å². The monoisotopic (exact) mass is 482 g/mol. The highest BCUT2D eigenvalue weighted by Gasteiger charge is 2.25. The molecular formula is C27H23FN6O2. The van der Waals surface area contributed by atoms with E-state index in [1.807, 2.05) is 6.07 Å². The number of fused-ring (bicyclic) bond motifs is 1. The average molecular weight is 483 g/mol. The van der Waals surface area contributed by atoms with Gasteiger partial charge in [-0.15, -0.1) is 0 Å². The molecule has 2 aromatic carbocycles. The number of benzene rings is 2. The summed E-state index contributed by atoms with van der Waals surface area (Å²) >= 11 is 0. The van der Waals surface area contributed by atoms with Gasteiger partial charge < -0.3 is 10.8 Å². The van der Waals surface area contributed by atoms with Crippen LogP contribution in [0.2, 0.25) is 0 Å². The molecule has 6 rings (SSSR count). The molecular weight excluding hydrogens is 459 g/mol. The first-order valence-electron chi connectivity index (χ1n) is 11.7. The number of H-pyrrole nitrogens is 1. The Bertz CT molecular complexity index is 1660. The summed E-state index contributed by atoms with van der Waals surface area (Å²) in [6.45, 7) is -0.361. The number of nitrogen functional groups attached to an aromatic ring is 1. The molecule has 0 amide bonds. The zero-order valence-electron chi connectivity index (χ0n) is 19.3. The Morgan fingerprint density at radius 1 is 1.17 bits per heavy atom. The van der Waals surface area contributed by atoms with Crippen molar-refractivity contribution in [1.82, 2.24) is 24.7 Å². The van der Waals surface area contributed by atoms with Crippen LogP contribution >= 0.6 is 0 Å². The topological polar surface area (TPSA) is 123 Å². The molecule has 0 radical (unpaired) electrons. The van der Waals surface area contributed by atoms with Crippen LogP contribution in [0.15, 0.2) is 65.8 Å². The summed E-state index contributed by atoms with van der Waals surface area (Å²) in [6.07, 6.45) is 7.58. The van der Waals surface area contributed by atoms with Crippen LogP contribution in [0.25, 0.3) is 27.7 Å². The third-order valence-electron chi connectivity index (χ3n) is 6.58. The van der Waals surface area contributed by atoms with Gasteiger partial charge in [0.1, 0.15) is 17.5 Å². The fourth-order valence-corrected chi connectivity index (χ4v) is 4.69. The van der Waals surface area contributed by atoms with E-state index in [-0.39, 0.29) is 17.8 Å². The maximum Gasteiger partial charge on any atom is 0.265 e. The van der Waals surface area contributed by atoms with Gasteiger partial charge in [-0.25, -0.2) is 14.4 Å². The summed E-state index contributed by atoms with van der Waals surface area (Å²) in [5.41, 5.74) is 9.46. The standard InChI is InChI=1S/C27H23FN6O2/c28-21-10-18(16-4-5-16)9-17-6-7-34(27(36)26(17)21)23-3-1-2-19(20(23)14-35)22-11-24(29)33-25(32-22)8-15-12-30-31-13-15/h1-3,6-7,9-13,16,35H,4-5,8,14H2,(H,30,31)(H2,29,32,33). The van der Waals surface area contributed by atoms with Crippen LogP contribution in [0.1, 0.15) is 41.3 Å². The van der Waals surface area contributed by atoms with Crippen molar-refractivity contribution in [2.75, 3.05) is 5.73 Å². The highest BCUT2D eigenvalue weighted by atomic mass is 19.1. The first kappa shape index (κ1) is 22.1. The molecule has 5 aromatic rings. The maximum atomic E-state index is 15.1. The first-order valence-corrected chi connectivity index (χ1v) is 11.7. The molecule has 0 atom stereocenters. The molecule has 4 N–H and O–H groups in total. The molecule has 0 spiro atoms. The van der Waals surface area contributed by atoms with E-state index in [9.17, 15) is 9.90 Å². The lowest BCUT2D eigenvalue weighted by Crippen LogP contribution is -2.20. The first-order chi connectivity index (χ1) is 17.5. The molecule has 9 heteroatoms. The van der Waals surface area contributed by atoms with Crippen LogP contribution in [0.3, 0.4) is 0 Å². The smallest absolute Gasteiger partial charge is 0.265 e. The van der Waals surface area contributed by atoms with E-state index in [0.717, 1.165) is 24.0 Å². The van der Waals surface area contributed by atoms with E-state index in [4.69, 9.17) is 5.73 Å². The fraction of sp³-hybridized carbons (Fsp3) is 0.185. The van der Waals surface area contributed by atoms with E-state index < -0.39 is 11.4 Å². The summed E-state index contributed by atoms with van der Waals surface area (Å²) < 4.78 is 16.4. The molecule has 1 aliphatic rings. The number of hydrogen-bond acceptors (Lipinski definition) is 6. The van der Waals surface area contributed by atoms with E-state index in [1.54, 1.807) is 48.9 Å². The van der Waals surface area contributed by atoms with Crippen molar-refractivity contribution in [1.29, 1.82) is 0 Å². The van der Waals surface area contributed by atoms with E-state index in [1.165, 1.54) is 10.6 Å². The number of aromatic nitrogens is 5. The quantitative estimate of drug-likeness (QED) is 0.338. The molecule has 1 aliphatic carbocycles. The highest BCUT2D eigenvalue weighted by molar-refractivity contribution is 5.83. The number of aliphatic hydroxyl groups excluding tert-OH is 1. The third kappa shape index (κ3) is 3.93. The number of rotatable bonds is 6. The fourth-order valence-electron chi connectivity index (χ4n) is 4.69. The zero-order chi connectivity index (χ0) is 24.8. The SMILES string of the molecule is Nc1cc(-c2cccc(-n3ccc4cc(C5CC5)cc(F)c4c3=O)c2CO)nc(Cc2cn[nH]c2)n1. The lowest BCUT2D eigenvalue weighted by molar-refractivity contribution is 0.282. The Balaban J connectivity index is 1.47. The van der Waals surface area contributed by atoms with Gasteiger partial charge in [-0.05, 0) is 53.5 Å². The molecule has 0 bridgehead atoms. The lowest BCUT2D eigenvalue weighted by Gasteiger charge is -2.16. The van der Waals surface area contributed by atoms with E-state index >= 15 is 4.39 Å². The number of hydrogen-bond donors (Lipinski definition) is 3.